The molecule has 1 aromatic heterocycles. The first-order valence-corrected chi connectivity index (χ1v) is 5.84. The summed E-state index contributed by atoms with van der Waals surface area (Å²) in [7, 11) is 1.67. The lowest BCUT2D eigenvalue weighted by Crippen LogP contribution is -2.32. The van der Waals surface area contributed by atoms with Crippen molar-refractivity contribution in [2.45, 2.75) is 12.5 Å². The third kappa shape index (κ3) is 5.96. The summed E-state index contributed by atoms with van der Waals surface area (Å²) in [4.78, 5) is 0. The molecule has 1 heterocycles. The van der Waals surface area contributed by atoms with Crippen LogP contribution in [0.4, 0.5) is 0 Å². The van der Waals surface area contributed by atoms with Gasteiger partial charge in [-0.3, -0.25) is 0 Å². The van der Waals surface area contributed by atoms with Gasteiger partial charge in [0.15, 0.2) is 0 Å². The van der Waals surface area contributed by atoms with E-state index in [1.807, 2.05) is 0 Å². The predicted octanol–water partition coefficient (Wildman–Crippen LogP) is -0.0961. The van der Waals surface area contributed by atoms with Crippen LogP contribution in [0.3, 0.4) is 0 Å². The van der Waals surface area contributed by atoms with Crippen LogP contribution in [0.1, 0.15) is 6.42 Å². The van der Waals surface area contributed by atoms with Crippen molar-refractivity contribution in [3.05, 3.63) is 6.20 Å². The summed E-state index contributed by atoms with van der Waals surface area (Å²) in [6.07, 6.45) is 1.92. The Bertz CT molecular complexity index is 259. The van der Waals surface area contributed by atoms with Crippen LogP contribution in [0.5, 0.6) is 5.88 Å². The van der Waals surface area contributed by atoms with E-state index in [2.05, 4.69) is 14.1 Å². The van der Waals surface area contributed by atoms with E-state index in [0.29, 0.717) is 12.4 Å². The molecule has 0 saturated heterocycles. The molecule has 1 unspecified atom stereocenters. The smallest absolute Gasteiger partial charge is 0.245 e. The third-order valence-corrected chi connectivity index (χ3v) is 2.31. The fourth-order valence-electron chi connectivity index (χ4n) is 1.07. The van der Waals surface area contributed by atoms with Crippen LogP contribution in [0, 0.1) is 0 Å². The summed E-state index contributed by atoms with van der Waals surface area (Å²) in [6, 6.07) is 0. The molecule has 0 fully saturated rings. The maximum Gasteiger partial charge on any atom is 0.245 e. The largest absolute Gasteiger partial charge is 0.473 e. The number of hydrogen-bond donors (Lipinski definition) is 2. The number of hydrogen-bond acceptors (Lipinski definition) is 7. The topological polar surface area (TPSA) is 76.5 Å². The highest BCUT2D eigenvalue weighted by atomic mass is 32.1. The molecule has 1 rings (SSSR count). The second-order valence-electron chi connectivity index (χ2n) is 3.26. The highest BCUT2D eigenvalue weighted by Gasteiger charge is 2.05. The van der Waals surface area contributed by atoms with E-state index in [1.54, 1.807) is 7.11 Å². The molecule has 7 heteroatoms. The van der Waals surface area contributed by atoms with Crippen LogP contribution in [0.2, 0.25) is 0 Å². The van der Waals surface area contributed by atoms with E-state index in [9.17, 15) is 5.11 Å². The van der Waals surface area contributed by atoms with Crippen LogP contribution >= 0.6 is 11.7 Å². The van der Waals surface area contributed by atoms with Crippen molar-refractivity contribution >= 4 is 11.7 Å². The summed E-state index contributed by atoms with van der Waals surface area (Å²) >= 11 is 1.08. The number of aromatic nitrogens is 2. The van der Waals surface area contributed by atoms with E-state index >= 15 is 0 Å². The lowest BCUT2D eigenvalue weighted by Gasteiger charge is -2.11. The van der Waals surface area contributed by atoms with Gasteiger partial charge in [-0.05, 0) is 13.0 Å². The van der Waals surface area contributed by atoms with Gasteiger partial charge in [-0.2, -0.15) is 4.37 Å². The number of nitrogens with zero attached hydrogens (tertiary/aromatic N) is 2. The van der Waals surface area contributed by atoms with Gasteiger partial charge in [0.25, 0.3) is 0 Å². The van der Waals surface area contributed by atoms with Gasteiger partial charge < -0.3 is 19.9 Å². The van der Waals surface area contributed by atoms with Crippen LogP contribution in [0.25, 0.3) is 0 Å². The maximum atomic E-state index is 9.54. The fraction of sp³-hybridized carbons (Fsp3) is 0.778. The Morgan fingerprint density at radius 1 is 1.62 bits per heavy atom. The number of aliphatic hydroxyl groups is 1. The standard InChI is InChI=1S/C9H17N3O3S/c1-14-4-2-3-10-5-8(13)7-15-9-6-11-16-12-9/h6,8,10,13H,2-5,7H2,1H3. The number of methoxy groups -OCH3 is 1. The summed E-state index contributed by atoms with van der Waals surface area (Å²) in [5.41, 5.74) is 0. The normalized spacial score (nSPS) is 12.6. The molecular formula is C9H17N3O3S. The molecule has 6 nitrogen and oxygen atoms in total. The number of rotatable bonds is 9. The lowest BCUT2D eigenvalue weighted by molar-refractivity contribution is 0.103. The minimum Gasteiger partial charge on any atom is -0.473 e. The van der Waals surface area contributed by atoms with Crippen LogP contribution in [-0.2, 0) is 4.74 Å². The minimum atomic E-state index is -0.538. The van der Waals surface area contributed by atoms with Crippen molar-refractivity contribution in [1.82, 2.24) is 14.1 Å². The molecule has 0 aliphatic heterocycles. The quantitative estimate of drug-likeness (QED) is 0.594. The van der Waals surface area contributed by atoms with Crippen molar-refractivity contribution in [1.29, 1.82) is 0 Å². The van der Waals surface area contributed by atoms with Gasteiger partial charge in [-0.25, -0.2) is 0 Å². The summed E-state index contributed by atoms with van der Waals surface area (Å²) in [6.45, 7) is 2.28. The number of aliphatic hydroxyl groups excluding tert-OH is 1. The SMILES string of the molecule is COCCCNCC(O)COc1cnsn1. The fourth-order valence-corrected chi connectivity index (χ4v) is 1.44. The second kappa shape index (κ2) is 8.40. The molecule has 0 aromatic carbocycles. The molecule has 0 amide bonds. The highest BCUT2D eigenvalue weighted by molar-refractivity contribution is 6.99. The Balaban J connectivity index is 1.96. The molecule has 2 N–H and O–H groups in total. The van der Waals surface area contributed by atoms with Gasteiger partial charge in [-0.1, -0.05) is 0 Å². The third-order valence-electron chi connectivity index (χ3n) is 1.85. The first kappa shape index (κ1) is 13.3. The minimum absolute atomic E-state index is 0.225. The average Bonchev–Trinajstić information content (AvgIpc) is 2.79. The first-order valence-electron chi connectivity index (χ1n) is 5.11. The van der Waals surface area contributed by atoms with E-state index in [0.717, 1.165) is 31.3 Å². The van der Waals surface area contributed by atoms with Gasteiger partial charge in [0.05, 0.1) is 11.7 Å². The molecule has 92 valence electrons. The van der Waals surface area contributed by atoms with Gasteiger partial charge in [-0.15, -0.1) is 4.37 Å². The summed E-state index contributed by atoms with van der Waals surface area (Å²) in [5.74, 6) is 0.462. The number of nitrogens with one attached hydrogen (secondary N) is 1. The summed E-state index contributed by atoms with van der Waals surface area (Å²) in [5, 5.41) is 12.6. The van der Waals surface area contributed by atoms with Gasteiger partial charge in [0.1, 0.15) is 18.9 Å². The molecule has 1 atom stereocenters. The van der Waals surface area contributed by atoms with Crippen LogP contribution < -0.4 is 10.1 Å². The zero-order valence-corrected chi connectivity index (χ0v) is 10.1. The van der Waals surface area contributed by atoms with E-state index in [1.165, 1.54) is 6.20 Å². The lowest BCUT2D eigenvalue weighted by atomic mass is 10.3. The van der Waals surface area contributed by atoms with Gasteiger partial charge >= 0.3 is 0 Å². The Morgan fingerprint density at radius 3 is 3.19 bits per heavy atom. The van der Waals surface area contributed by atoms with Gasteiger partial charge in [0, 0.05) is 20.3 Å². The zero-order chi connectivity index (χ0) is 11.6. The highest BCUT2D eigenvalue weighted by Crippen LogP contribution is 2.04. The predicted molar refractivity (Wildman–Crippen MR) is 60.8 cm³/mol. The second-order valence-corrected chi connectivity index (χ2v) is 3.82. The molecule has 0 bridgehead atoms. The maximum absolute atomic E-state index is 9.54. The van der Waals surface area contributed by atoms with Gasteiger partial charge in [0.2, 0.25) is 5.88 Å². The molecule has 0 aliphatic carbocycles. The first-order chi connectivity index (χ1) is 7.83. The van der Waals surface area contributed by atoms with Crippen molar-refractivity contribution in [3.8, 4) is 5.88 Å². The molecule has 0 radical (unpaired) electrons. The van der Waals surface area contributed by atoms with Crippen LogP contribution in [0.15, 0.2) is 6.20 Å². The molecular weight excluding hydrogens is 230 g/mol. The zero-order valence-electron chi connectivity index (χ0n) is 9.26. The Labute approximate surface area is 98.9 Å². The van der Waals surface area contributed by atoms with Crippen molar-refractivity contribution in [3.63, 3.8) is 0 Å². The number of ether oxygens (including phenoxy) is 2. The van der Waals surface area contributed by atoms with Crippen molar-refractivity contribution in [2.24, 2.45) is 0 Å². The molecule has 0 spiro atoms. The Kier molecular flexibility index (Phi) is 6.98. The monoisotopic (exact) mass is 247 g/mol. The Hall–Kier alpha value is -0.760. The van der Waals surface area contributed by atoms with Crippen molar-refractivity contribution < 1.29 is 14.6 Å². The summed E-state index contributed by atoms with van der Waals surface area (Å²) < 4.78 is 17.8. The average molecular weight is 247 g/mol. The van der Waals surface area contributed by atoms with Crippen molar-refractivity contribution in [2.75, 3.05) is 33.4 Å². The molecule has 16 heavy (non-hydrogen) atoms. The van der Waals surface area contributed by atoms with E-state index in [-0.39, 0.29) is 6.61 Å². The Morgan fingerprint density at radius 2 is 2.50 bits per heavy atom. The van der Waals surface area contributed by atoms with E-state index < -0.39 is 6.10 Å². The van der Waals surface area contributed by atoms with E-state index in [4.69, 9.17) is 9.47 Å². The molecule has 1 aromatic rings. The molecule has 0 aliphatic rings. The van der Waals surface area contributed by atoms with Crippen LogP contribution in [-0.4, -0.2) is 53.4 Å². The molecule has 0 saturated carbocycles.